The molecule has 0 aliphatic carbocycles. The lowest BCUT2D eigenvalue weighted by Gasteiger charge is -2.33. The Morgan fingerprint density at radius 2 is 1.87 bits per heavy atom. The fraction of sp³-hybridized carbons (Fsp3) is 0.357. The molecular weight excluding hydrogens is 540 g/mol. The molecule has 2 heterocycles. The van der Waals surface area contributed by atoms with Crippen LogP contribution in [0.5, 0.6) is 0 Å². The molecule has 39 heavy (non-hydrogen) atoms. The van der Waals surface area contributed by atoms with Gasteiger partial charge in [0, 0.05) is 17.4 Å². The van der Waals surface area contributed by atoms with E-state index in [-0.39, 0.29) is 29.1 Å². The molecular formula is C28H31ClN4O5S. The Morgan fingerprint density at radius 1 is 1.18 bits per heavy atom. The highest BCUT2D eigenvalue weighted by Crippen LogP contribution is 2.40. The summed E-state index contributed by atoms with van der Waals surface area (Å²) < 4.78 is 4.17. The van der Waals surface area contributed by atoms with Gasteiger partial charge < -0.3 is 25.2 Å². The summed E-state index contributed by atoms with van der Waals surface area (Å²) in [5.74, 6) is -1.39. The fourth-order valence-corrected chi connectivity index (χ4v) is 5.83. The number of benzene rings is 2. The lowest BCUT2D eigenvalue weighted by Crippen LogP contribution is -2.58. The first-order chi connectivity index (χ1) is 18.6. The number of carbonyl (C=O) groups excluding carboxylic acids is 3. The van der Waals surface area contributed by atoms with Gasteiger partial charge in [-0.1, -0.05) is 59.8 Å². The molecule has 4 rings (SSSR count). The van der Waals surface area contributed by atoms with Gasteiger partial charge in [0.25, 0.3) is 11.8 Å². The highest BCUT2D eigenvalue weighted by Gasteiger charge is 2.49. The molecule has 0 spiro atoms. The van der Waals surface area contributed by atoms with Gasteiger partial charge in [-0.2, -0.15) is 0 Å². The van der Waals surface area contributed by atoms with Crippen molar-refractivity contribution in [3.63, 3.8) is 0 Å². The number of aliphatic hydroxyl groups excluding tert-OH is 1. The average molecular weight is 571 g/mol. The molecule has 1 aliphatic heterocycles. The lowest BCUT2D eigenvalue weighted by molar-refractivity contribution is -0.147. The quantitative estimate of drug-likeness (QED) is 0.360. The molecule has 3 amide bonds. The number of aromatic nitrogens is 1. The molecule has 1 fully saturated rings. The lowest BCUT2D eigenvalue weighted by atomic mass is 9.97. The third-order valence-corrected chi connectivity index (χ3v) is 8.31. The number of aryl methyl sites for hydroxylation is 1. The van der Waals surface area contributed by atoms with Crippen LogP contribution in [0.1, 0.15) is 41.0 Å². The van der Waals surface area contributed by atoms with Crippen LogP contribution in [0.3, 0.4) is 0 Å². The minimum absolute atomic E-state index is 0.0627. The van der Waals surface area contributed by atoms with Crippen LogP contribution in [-0.2, 0) is 22.6 Å². The summed E-state index contributed by atoms with van der Waals surface area (Å²) in [4.78, 5) is 41.3. The molecule has 1 saturated heterocycles. The molecule has 2 aromatic carbocycles. The minimum atomic E-state index is -1.63. The van der Waals surface area contributed by atoms with E-state index in [4.69, 9.17) is 16.1 Å². The standard InChI is InChI=1S/C28H31ClN4O5S/c1-17-9-7-8-12-19(17)15-30-26(36)24-28(2,3)39-16-33(24)27(37)23(34)20(13-18-10-5-4-6-11-18)31-25(35)21-14-22(29)38-32-21/h4-12,14,20,23-24,34H,13,15-16H2,1-3H3,(H,30,36)(H,31,35)/t20-,23-,24?/m0/s1. The maximum Gasteiger partial charge on any atom is 0.273 e. The largest absolute Gasteiger partial charge is 0.381 e. The van der Waals surface area contributed by atoms with Crippen LogP contribution in [0, 0.1) is 6.92 Å². The number of rotatable bonds is 9. The van der Waals surface area contributed by atoms with Crippen molar-refractivity contribution >= 4 is 41.1 Å². The van der Waals surface area contributed by atoms with Crippen molar-refractivity contribution in [2.75, 3.05) is 5.88 Å². The van der Waals surface area contributed by atoms with Crippen molar-refractivity contribution in [3.05, 3.63) is 88.3 Å². The van der Waals surface area contributed by atoms with E-state index in [0.717, 1.165) is 16.7 Å². The second-order valence-corrected chi connectivity index (χ2v) is 11.9. The summed E-state index contributed by atoms with van der Waals surface area (Å²) in [6.07, 6.45) is -1.46. The second-order valence-electron chi connectivity index (χ2n) is 9.96. The number of hydrogen-bond donors (Lipinski definition) is 3. The minimum Gasteiger partial charge on any atom is -0.381 e. The summed E-state index contributed by atoms with van der Waals surface area (Å²) in [7, 11) is 0. The van der Waals surface area contributed by atoms with E-state index >= 15 is 0 Å². The van der Waals surface area contributed by atoms with Crippen LogP contribution in [0.4, 0.5) is 0 Å². The molecule has 0 radical (unpaired) electrons. The van der Waals surface area contributed by atoms with Crippen molar-refractivity contribution < 1.29 is 24.0 Å². The van der Waals surface area contributed by atoms with E-state index in [9.17, 15) is 19.5 Å². The summed E-state index contributed by atoms with van der Waals surface area (Å²) in [6, 6.07) is 16.3. The molecule has 0 saturated carbocycles. The highest BCUT2D eigenvalue weighted by molar-refractivity contribution is 8.00. The molecule has 206 valence electrons. The van der Waals surface area contributed by atoms with Gasteiger partial charge in [-0.05, 0) is 55.5 Å². The van der Waals surface area contributed by atoms with Crippen LogP contribution in [0.15, 0.2) is 65.2 Å². The van der Waals surface area contributed by atoms with Gasteiger partial charge in [0.1, 0.15) is 6.04 Å². The number of thioether (sulfide) groups is 1. The summed E-state index contributed by atoms with van der Waals surface area (Å²) in [5.41, 5.74) is 2.75. The number of carbonyl (C=O) groups is 3. The smallest absolute Gasteiger partial charge is 0.273 e. The number of amides is 3. The molecule has 1 unspecified atom stereocenters. The third-order valence-electron chi connectivity index (χ3n) is 6.75. The SMILES string of the molecule is Cc1ccccc1CNC(=O)C1N(C(=O)[C@@H](O)[C@H](Cc2ccccc2)NC(=O)c2cc(Cl)on2)CSC1(C)C. The zero-order chi connectivity index (χ0) is 28.2. The Morgan fingerprint density at radius 3 is 2.54 bits per heavy atom. The number of aliphatic hydroxyl groups is 1. The number of hydrogen-bond acceptors (Lipinski definition) is 7. The number of nitrogens with one attached hydrogen (secondary N) is 2. The van der Waals surface area contributed by atoms with Gasteiger partial charge in [-0.15, -0.1) is 11.8 Å². The monoisotopic (exact) mass is 570 g/mol. The van der Waals surface area contributed by atoms with Crippen LogP contribution in [-0.4, -0.2) is 61.7 Å². The van der Waals surface area contributed by atoms with Crippen LogP contribution < -0.4 is 10.6 Å². The van der Waals surface area contributed by atoms with Crippen LogP contribution in [0.25, 0.3) is 0 Å². The zero-order valence-electron chi connectivity index (χ0n) is 21.9. The Bertz CT molecular complexity index is 1330. The maximum atomic E-state index is 13.7. The average Bonchev–Trinajstić information content (AvgIpc) is 3.49. The van der Waals surface area contributed by atoms with Gasteiger partial charge in [-0.3, -0.25) is 14.4 Å². The molecule has 3 N–H and O–H groups in total. The first-order valence-corrected chi connectivity index (χ1v) is 13.8. The number of nitrogens with zero attached hydrogens (tertiary/aromatic N) is 2. The van der Waals surface area contributed by atoms with Crippen LogP contribution >= 0.6 is 23.4 Å². The Labute approximate surface area is 236 Å². The molecule has 3 atom stereocenters. The van der Waals surface area contributed by atoms with Gasteiger partial charge in [0.2, 0.25) is 11.1 Å². The molecule has 1 aromatic heterocycles. The van der Waals surface area contributed by atoms with Crippen molar-refractivity contribution in [2.45, 2.75) is 56.7 Å². The van der Waals surface area contributed by atoms with Gasteiger partial charge in [-0.25, -0.2) is 0 Å². The van der Waals surface area contributed by atoms with Crippen LogP contribution in [0.2, 0.25) is 5.22 Å². The number of halogens is 1. The van der Waals surface area contributed by atoms with E-state index in [0.29, 0.717) is 6.54 Å². The van der Waals surface area contributed by atoms with E-state index < -0.39 is 34.7 Å². The summed E-state index contributed by atoms with van der Waals surface area (Å²) in [6.45, 7) is 6.08. The normalized spacial score (nSPS) is 17.9. The Balaban J connectivity index is 1.53. The first kappa shape index (κ1) is 28.7. The predicted molar refractivity (Wildman–Crippen MR) is 149 cm³/mol. The van der Waals surface area contributed by atoms with E-state index in [1.807, 2.05) is 75.4 Å². The molecule has 9 nitrogen and oxygen atoms in total. The van der Waals surface area contributed by atoms with Gasteiger partial charge in [0.15, 0.2) is 11.8 Å². The molecule has 1 aliphatic rings. The molecule has 0 bridgehead atoms. The van der Waals surface area contributed by atoms with E-state index in [1.165, 1.54) is 22.7 Å². The van der Waals surface area contributed by atoms with Crippen molar-refractivity contribution in [1.29, 1.82) is 0 Å². The summed E-state index contributed by atoms with van der Waals surface area (Å²) in [5, 5.41) is 20.5. The van der Waals surface area contributed by atoms with Crippen molar-refractivity contribution in [3.8, 4) is 0 Å². The Kier molecular flexibility index (Phi) is 8.99. The maximum absolute atomic E-state index is 13.7. The molecule has 11 heteroatoms. The second kappa shape index (κ2) is 12.2. The summed E-state index contributed by atoms with van der Waals surface area (Å²) >= 11 is 7.21. The van der Waals surface area contributed by atoms with Gasteiger partial charge >= 0.3 is 0 Å². The molecule has 3 aromatic rings. The third kappa shape index (κ3) is 6.81. The zero-order valence-corrected chi connectivity index (χ0v) is 23.5. The van der Waals surface area contributed by atoms with Crippen molar-refractivity contribution in [1.82, 2.24) is 20.7 Å². The van der Waals surface area contributed by atoms with E-state index in [1.54, 1.807) is 0 Å². The van der Waals surface area contributed by atoms with E-state index in [2.05, 4.69) is 15.8 Å². The first-order valence-electron chi connectivity index (χ1n) is 12.5. The van der Waals surface area contributed by atoms with Gasteiger partial charge in [0.05, 0.1) is 11.9 Å². The van der Waals surface area contributed by atoms with Crippen molar-refractivity contribution in [2.24, 2.45) is 0 Å². The topological polar surface area (TPSA) is 125 Å². The Hall–Kier alpha value is -3.34. The predicted octanol–water partition coefficient (Wildman–Crippen LogP) is 3.33. The highest BCUT2D eigenvalue weighted by atomic mass is 35.5. The fourth-order valence-electron chi connectivity index (χ4n) is 4.55.